The third-order valence-electron chi connectivity index (χ3n) is 12.4. The van der Waals surface area contributed by atoms with Crippen LogP contribution in [0.3, 0.4) is 0 Å². The summed E-state index contributed by atoms with van der Waals surface area (Å²) in [5.41, 5.74) is -0.727. The predicted molar refractivity (Wildman–Crippen MR) is 190 cm³/mol. The van der Waals surface area contributed by atoms with Crippen LogP contribution in [0.15, 0.2) is 0 Å². The first kappa shape index (κ1) is 39.6. The molecule has 278 valence electrons. The molecular weight excluding hydrogens is 642 g/mol. The molecule has 10 nitrogen and oxygen atoms in total. The molecule has 0 unspecified atom stereocenters. The monoisotopic (exact) mass is 705 g/mol. The number of Topliss-reactive ketones (excluding diaryl/α,β-unsaturated/α-hetero) is 3. The highest BCUT2D eigenvalue weighted by molar-refractivity contribution is 7.89. The Morgan fingerprint density at radius 2 is 1.49 bits per heavy atom. The van der Waals surface area contributed by atoms with Crippen LogP contribution < -0.4 is 5.32 Å². The van der Waals surface area contributed by atoms with Crippen LogP contribution in [0.2, 0.25) is 0 Å². The van der Waals surface area contributed by atoms with Crippen molar-refractivity contribution in [3.63, 3.8) is 0 Å². The maximum Gasteiger partial charge on any atom is 0.287 e. The number of hydrogen-bond donors (Lipinski definition) is 1. The molecule has 11 heteroatoms. The average molecular weight is 706 g/mol. The van der Waals surface area contributed by atoms with Gasteiger partial charge in [0.05, 0.1) is 11.8 Å². The van der Waals surface area contributed by atoms with Gasteiger partial charge in [-0.05, 0) is 54.8 Å². The summed E-state index contributed by atoms with van der Waals surface area (Å²) < 4.78 is 27.3. The van der Waals surface area contributed by atoms with Gasteiger partial charge in [-0.15, -0.1) is 0 Å². The summed E-state index contributed by atoms with van der Waals surface area (Å²) in [6, 6.07) is -0.665. The highest BCUT2D eigenvalue weighted by Gasteiger charge is 2.69. The molecule has 2 saturated heterocycles. The lowest BCUT2D eigenvalue weighted by Crippen LogP contribution is -2.49. The van der Waals surface area contributed by atoms with Crippen molar-refractivity contribution < 1.29 is 32.4 Å². The number of hydrogen-bond acceptors (Lipinski definition) is 7. The van der Waals surface area contributed by atoms with Crippen molar-refractivity contribution in [2.24, 2.45) is 34.5 Å². The van der Waals surface area contributed by atoms with Gasteiger partial charge in [-0.3, -0.25) is 24.0 Å². The highest BCUT2D eigenvalue weighted by atomic mass is 32.2. The van der Waals surface area contributed by atoms with E-state index >= 15 is 0 Å². The number of carbonyl (C=O) groups is 5. The van der Waals surface area contributed by atoms with Crippen molar-refractivity contribution in [3.05, 3.63) is 0 Å². The molecule has 0 aromatic heterocycles. The van der Waals surface area contributed by atoms with Gasteiger partial charge in [0.2, 0.25) is 21.7 Å². The first-order valence-electron chi connectivity index (χ1n) is 19.2. The molecule has 0 radical (unpaired) electrons. The maximum absolute atomic E-state index is 14.5. The summed E-state index contributed by atoms with van der Waals surface area (Å²) in [5.74, 6) is -2.73. The molecule has 4 aliphatic rings. The van der Waals surface area contributed by atoms with E-state index in [2.05, 4.69) is 19.2 Å². The molecule has 1 N–H and O–H groups in total. The minimum absolute atomic E-state index is 0.00870. The van der Waals surface area contributed by atoms with E-state index in [4.69, 9.17) is 0 Å². The van der Waals surface area contributed by atoms with E-state index in [1.165, 1.54) is 18.4 Å². The summed E-state index contributed by atoms with van der Waals surface area (Å²) in [5, 5.41) is 2.69. The number of ketones is 3. The number of piperidine rings is 1. The first-order valence-corrected chi connectivity index (χ1v) is 20.8. The zero-order valence-electron chi connectivity index (χ0n) is 30.9. The van der Waals surface area contributed by atoms with Gasteiger partial charge in [-0.25, -0.2) is 12.7 Å². The number of fused-ring (bicyclic) bond motifs is 3. The Morgan fingerprint density at radius 3 is 2.10 bits per heavy atom. The van der Waals surface area contributed by atoms with Crippen LogP contribution in [0.4, 0.5) is 0 Å². The summed E-state index contributed by atoms with van der Waals surface area (Å²) in [7, 11) is -0.453. The Morgan fingerprint density at radius 1 is 0.898 bits per heavy atom. The van der Waals surface area contributed by atoms with Crippen molar-refractivity contribution >= 4 is 39.2 Å². The summed E-state index contributed by atoms with van der Waals surface area (Å²) in [4.78, 5) is 70.4. The molecule has 2 heterocycles. The molecule has 0 spiro atoms. The highest BCUT2D eigenvalue weighted by Crippen LogP contribution is 2.65. The molecule has 49 heavy (non-hydrogen) atoms. The van der Waals surface area contributed by atoms with E-state index in [1.807, 2.05) is 6.92 Å². The molecule has 0 aromatic rings. The topological polar surface area (TPSA) is 138 Å². The van der Waals surface area contributed by atoms with Gasteiger partial charge in [0.1, 0.15) is 5.78 Å². The molecule has 2 amide bonds. The van der Waals surface area contributed by atoms with Gasteiger partial charge >= 0.3 is 0 Å². The lowest BCUT2D eigenvalue weighted by molar-refractivity contribution is -0.146. The fourth-order valence-corrected chi connectivity index (χ4v) is 10.7. The van der Waals surface area contributed by atoms with E-state index in [0.29, 0.717) is 45.2 Å². The van der Waals surface area contributed by atoms with Crippen LogP contribution in [0.25, 0.3) is 0 Å². The van der Waals surface area contributed by atoms with Gasteiger partial charge in [0.25, 0.3) is 5.91 Å². The van der Waals surface area contributed by atoms with E-state index in [-0.39, 0.29) is 59.7 Å². The van der Waals surface area contributed by atoms with Gasteiger partial charge in [-0.2, -0.15) is 0 Å². The fourth-order valence-electron chi connectivity index (χ4n) is 9.25. The van der Waals surface area contributed by atoms with E-state index < -0.39 is 45.0 Å². The van der Waals surface area contributed by atoms with E-state index in [0.717, 1.165) is 64.2 Å². The van der Waals surface area contributed by atoms with Crippen LogP contribution in [0, 0.1) is 34.5 Å². The third-order valence-corrected chi connectivity index (χ3v) is 14.4. The Labute approximate surface area is 295 Å². The van der Waals surface area contributed by atoms with E-state index in [9.17, 15) is 32.4 Å². The second-order valence-electron chi connectivity index (χ2n) is 16.6. The minimum atomic E-state index is -3.52. The van der Waals surface area contributed by atoms with Crippen molar-refractivity contribution in [3.8, 4) is 0 Å². The molecule has 4 fully saturated rings. The lowest BCUT2D eigenvalue weighted by atomic mass is 9.71. The number of amides is 2. The molecule has 2 saturated carbocycles. The van der Waals surface area contributed by atoms with Crippen LogP contribution in [-0.4, -0.2) is 85.8 Å². The van der Waals surface area contributed by atoms with E-state index in [1.54, 1.807) is 4.90 Å². The second kappa shape index (κ2) is 16.9. The summed E-state index contributed by atoms with van der Waals surface area (Å²) in [6.07, 6.45) is 12.6. The minimum Gasteiger partial charge on any atom is -0.350 e. The van der Waals surface area contributed by atoms with Crippen molar-refractivity contribution in [1.29, 1.82) is 0 Å². The average Bonchev–Trinajstić information content (AvgIpc) is 3.34. The van der Waals surface area contributed by atoms with Gasteiger partial charge in [0, 0.05) is 58.3 Å². The Bertz CT molecular complexity index is 1320. The quantitative estimate of drug-likeness (QED) is 0.282. The van der Waals surface area contributed by atoms with Crippen LogP contribution in [-0.2, 0) is 34.0 Å². The zero-order valence-corrected chi connectivity index (χ0v) is 31.7. The molecular formula is C38H63N3O7S. The van der Waals surface area contributed by atoms with Crippen LogP contribution >= 0.6 is 0 Å². The predicted octanol–water partition coefficient (Wildman–Crippen LogP) is 5.47. The molecule has 0 bridgehead atoms. The number of nitrogens with zero attached hydrogens (tertiary/aromatic N) is 2. The largest absolute Gasteiger partial charge is 0.350 e. The summed E-state index contributed by atoms with van der Waals surface area (Å²) in [6.45, 7) is 7.04. The van der Waals surface area contributed by atoms with Gasteiger partial charge in [0.15, 0.2) is 5.78 Å². The van der Waals surface area contributed by atoms with Crippen molar-refractivity contribution in [2.75, 3.05) is 32.9 Å². The van der Waals surface area contributed by atoms with Crippen molar-refractivity contribution in [1.82, 2.24) is 14.5 Å². The number of carbonyl (C=O) groups excluding carboxylic acids is 5. The summed E-state index contributed by atoms with van der Waals surface area (Å²) >= 11 is 0. The van der Waals surface area contributed by atoms with Crippen molar-refractivity contribution in [2.45, 2.75) is 142 Å². The number of rotatable bonds is 11. The smallest absolute Gasteiger partial charge is 0.287 e. The number of sulfonamides is 1. The third kappa shape index (κ3) is 9.80. The molecule has 4 rings (SSSR count). The molecule has 5 atom stereocenters. The van der Waals surface area contributed by atoms with Crippen LogP contribution in [0.5, 0.6) is 0 Å². The molecule has 2 aliphatic heterocycles. The Hall–Kier alpha value is -2.14. The number of nitrogens with one attached hydrogen (secondary N) is 1. The lowest BCUT2D eigenvalue weighted by Gasteiger charge is -2.38. The Kier molecular flexibility index (Phi) is 13.7. The van der Waals surface area contributed by atoms with Crippen LogP contribution in [0.1, 0.15) is 136 Å². The zero-order chi connectivity index (χ0) is 36.0. The first-order chi connectivity index (χ1) is 23.1. The SMILES string of the molecule is CCCNC(=O)C(=O)[C@H]1CCCCCCCCC[C@H](CC(=O)CC2(CS(=O)(=O)N(C)C)CCCCC2)C(=O)N2C[C@H]3[C@@H]([C@H]2C(=O)C1)C3(C)C. The maximum atomic E-state index is 14.5. The molecule has 0 aromatic carbocycles. The Balaban J connectivity index is 1.57. The normalized spacial score (nSPS) is 29.6. The standard InChI is InChI=1S/C38H63N3O7S/c1-6-21-39-35(45)34(44)27-17-13-10-8-7-9-11-14-18-28(36(46)41-25-30-32(37(30,2)3)33(41)31(43)23-27)22-29(42)24-38(19-15-12-16-20-38)26-49(47,48)40(4)5/h27-28,30,32-33H,6-26H2,1-5H3,(H,39,45)/t27-,28+,30-,32-,33+/m0/s1. The van der Waals surface area contributed by atoms with Gasteiger partial charge < -0.3 is 10.2 Å². The fraction of sp³-hybridized carbons (Fsp3) is 0.868. The van der Waals surface area contributed by atoms with Gasteiger partial charge in [-0.1, -0.05) is 85.0 Å². The molecule has 2 aliphatic carbocycles. The second-order valence-corrected chi connectivity index (χ2v) is 18.8.